The molecule has 13 heavy (non-hydrogen) atoms. The third-order valence-electron chi connectivity index (χ3n) is 2.13. The maximum Gasteiger partial charge on any atom is 0.0718 e. The molecule has 0 atom stereocenters. The van der Waals surface area contributed by atoms with Crippen LogP contribution >= 0.6 is 12.6 Å². The average molecular weight is 189 g/mol. The number of thiol groups is 1. The van der Waals surface area contributed by atoms with Crippen molar-refractivity contribution in [2.24, 2.45) is 0 Å². The van der Waals surface area contributed by atoms with E-state index in [-0.39, 0.29) is 0 Å². The molecular formula is C11H11NS. The molecule has 0 aliphatic heterocycles. The molecule has 0 bridgehead atoms. The van der Waals surface area contributed by atoms with Gasteiger partial charge in [-0.05, 0) is 37.6 Å². The smallest absolute Gasteiger partial charge is 0.0718 e. The first-order valence-corrected chi connectivity index (χ1v) is 4.68. The van der Waals surface area contributed by atoms with Crippen molar-refractivity contribution in [3.8, 4) is 0 Å². The van der Waals surface area contributed by atoms with Crippen LogP contribution in [-0.4, -0.2) is 4.98 Å². The van der Waals surface area contributed by atoms with Gasteiger partial charge in [-0.3, -0.25) is 4.98 Å². The lowest BCUT2D eigenvalue weighted by Crippen LogP contribution is -1.86. The van der Waals surface area contributed by atoms with Crippen LogP contribution in [0.15, 0.2) is 29.2 Å². The van der Waals surface area contributed by atoms with Gasteiger partial charge in [-0.25, -0.2) is 0 Å². The molecule has 0 saturated carbocycles. The highest BCUT2D eigenvalue weighted by Crippen LogP contribution is 2.20. The maximum absolute atomic E-state index is 4.45. The van der Waals surface area contributed by atoms with Crippen LogP contribution in [0, 0.1) is 13.8 Å². The first kappa shape index (κ1) is 8.57. The molecule has 0 N–H and O–H groups in total. The first-order chi connectivity index (χ1) is 6.16. The second-order valence-corrected chi connectivity index (χ2v) is 3.80. The number of benzene rings is 1. The zero-order valence-electron chi connectivity index (χ0n) is 7.70. The van der Waals surface area contributed by atoms with Gasteiger partial charge >= 0.3 is 0 Å². The predicted octanol–water partition coefficient (Wildman–Crippen LogP) is 3.14. The van der Waals surface area contributed by atoms with E-state index in [1.807, 2.05) is 19.1 Å². The number of pyridine rings is 1. The van der Waals surface area contributed by atoms with Gasteiger partial charge in [-0.2, -0.15) is 0 Å². The standard InChI is InChI=1S/C11H11NS/c1-7-5-8(2)12-11-6-9(13)3-4-10(7)11/h3-6,13H,1-2H3. The maximum atomic E-state index is 4.45. The van der Waals surface area contributed by atoms with E-state index in [1.165, 1.54) is 10.9 Å². The molecule has 2 heteroatoms. The van der Waals surface area contributed by atoms with Gasteiger partial charge in [-0.1, -0.05) is 6.07 Å². The monoisotopic (exact) mass is 189 g/mol. The highest BCUT2D eigenvalue weighted by Gasteiger charge is 1.99. The van der Waals surface area contributed by atoms with Crippen LogP contribution in [0.3, 0.4) is 0 Å². The minimum Gasteiger partial charge on any atom is -0.253 e. The zero-order chi connectivity index (χ0) is 9.42. The molecule has 0 aliphatic carbocycles. The van der Waals surface area contributed by atoms with Gasteiger partial charge in [0, 0.05) is 16.0 Å². The van der Waals surface area contributed by atoms with Crippen molar-refractivity contribution >= 4 is 23.5 Å². The molecule has 2 aromatic rings. The van der Waals surface area contributed by atoms with Crippen molar-refractivity contribution in [2.75, 3.05) is 0 Å². The Morgan fingerprint density at radius 3 is 2.69 bits per heavy atom. The summed E-state index contributed by atoms with van der Waals surface area (Å²) in [5.74, 6) is 0. The third kappa shape index (κ3) is 1.54. The van der Waals surface area contributed by atoms with E-state index in [1.54, 1.807) is 0 Å². The van der Waals surface area contributed by atoms with Crippen LogP contribution in [0.5, 0.6) is 0 Å². The quantitative estimate of drug-likeness (QED) is 0.628. The molecule has 0 saturated heterocycles. The molecule has 1 aromatic heterocycles. The lowest BCUT2D eigenvalue weighted by atomic mass is 10.1. The molecule has 1 nitrogen and oxygen atoms in total. The van der Waals surface area contributed by atoms with Crippen molar-refractivity contribution < 1.29 is 0 Å². The Balaban J connectivity index is 2.86. The second kappa shape index (κ2) is 3.04. The Labute approximate surface area is 83.2 Å². The van der Waals surface area contributed by atoms with Crippen LogP contribution in [0.4, 0.5) is 0 Å². The van der Waals surface area contributed by atoms with E-state index < -0.39 is 0 Å². The summed E-state index contributed by atoms with van der Waals surface area (Å²) in [7, 11) is 0. The first-order valence-electron chi connectivity index (χ1n) is 4.24. The predicted molar refractivity (Wildman–Crippen MR) is 58.5 cm³/mol. The summed E-state index contributed by atoms with van der Waals surface area (Å²) in [6.07, 6.45) is 0. The molecular weight excluding hydrogens is 178 g/mol. The van der Waals surface area contributed by atoms with Gasteiger partial charge in [0.15, 0.2) is 0 Å². The minimum absolute atomic E-state index is 0.963. The van der Waals surface area contributed by atoms with Crippen molar-refractivity contribution in [2.45, 2.75) is 18.7 Å². The van der Waals surface area contributed by atoms with Crippen molar-refractivity contribution in [3.63, 3.8) is 0 Å². The van der Waals surface area contributed by atoms with Crippen molar-refractivity contribution in [1.29, 1.82) is 0 Å². The number of nitrogens with zero attached hydrogens (tertiary/aromatic N) is 1. The summed E-state index contributed by atoms with van der Waals surface area (Å²) in [4.78, 5) is 5.41. The fraction of sp³-hybridized carbons (Fsp3) is 0.182. The van der Waals surface area contributed by atoms with E-state index in [2.05, 4.69) is 36.7 Å². The lowest BCUT2D eigenvalue weighted by molar-refractivity contribution is 1.23. The number of fused-ring (bicyclic) bond motifs is 1. The van der Waals surface area contributed by atoms with Gasteiger partial charge in [0.25, 0.3) is 0 Å². The largest absolute Gasteiger partial charge is 0.253 e. The van der Waals surface area contributed by atoms with Crippen LogP contribution < -0.4 is 0 Å². The Kier molecular flexibility index (Phi) is 2.00. The number of aromatic nitrogens is 1. The van der Waals surface area contributed by atoms with Crippen molar-refractivity contribution in [1.82, 2.24) is 4.98 Å². The number of rotatable bonds is 0. The third-order valence-corrected chi connectivity index (χ3v) is 2.41. The van der Waals surface area contributed by atoms with E-state index in [0.29, 0.717) is 0 Å². The molecule has 0 radical (unpaired) electrons. The van der Waals surface area contributed by atoms with Crippen LogP contribution in [0.25, 0.3) is 10.9 Å². The molecule has 2 rings (SSSR count). The average Bonchev–Trinajstić information content (AvgIpc) is 2.02. The Bertz CT molecular complexity index is 458. The van der Waals surface area contributed by atoms with Gasteiger partial charge in [0.1, 0.15) is 0 Å². The summed E-state index contributed by atoms with van der Waals surface area (Å²) in [6, 6.07) is 8.16. The SMILES string of the molecule is Cc1cc(C)c2ccc(S)cc2n1. The number of hydrogen-bond donors (Lipinski definition) is 1. The Morgan fingerprint density at radius 2 is 1.92 bits per heavy atom. The van der Waals surface area contributed by atoms with Crippen LogP contribution in [-0.2, 0) is 0 Å². The molecule has 0 aliphatic rings. The van der Waals surface area contributed by atoms with Crippen LogP contribution in [0.2, 0.25) is 0 Å². The molecule has 0 fully saturated rings. The fourth-order valence-electron chi connectivity index (χ4n) is 1.56. The minimum atomic E-state index is 0.963. The fourth-order valence-corrected chi connectivity index (χ4v) is 1.76. The van der Waals surface area contributed by atoms with E-state index >= 15 is 0 Å². The normalized spacial score (nSPS) is 10.7. The summed E-state index contributed by atoms with van der Waals surface area (Å²) >= 11 is 4.29. The van der Waals surface area contributed by atoms with Crippen molar-refractivity contribution in [3.05, 3.63) is 35.5 Å². The van der Waals surface area contributed by atoms with Gasteiger partial charge < -0.3 is 0 Å². The molecule has 0 unspecified atom stereocenters. The summed E-state index contributed by atoms with van der Waals surface area (Å²) in [6.45, 7) is 4.12. The van der Waals surface area contributed by atoms with Gasteiger partial charge in [-0.15, -0.1) is 12.6 Å². The summed E-state index contributed by atoms with van der Waals surface area (Å²) < 4.78 is 0. The molecule has 66 valence electrons. The summed E-state index contributed by atoms with van der Waals surface area (Å²) in [5, 5.41) is 1.21. The summed E-state index contributed by atoms with van der Waals surface area (Å²) in [5.41, 5.74) is 3.37. The Morgan fingerprint density at radius 1 is 1.15 bits per heavy atom. The zero-order valence-corrected chi connectivity index (χ0v) is 8.60. The van der Waals surface area contributed by atoms with E-state index in [4.69, 9.17) is 0 Å². The van der Waals surface area contributed by atoms with Gasteiger partial charge in [0.2, 0.25) is 0 Å². The van der Waals surface area contributed by atoms with E-state index in [9.17, 15) is 0 Å². The number of aryl methyl sites for hydroxylation is 2. The highest BCUT2D eigenvalue weighted by molar-refractivity contribution is 7.80. The Hall–Kier alpha value is -1.02. The highest BCUT2D eigenvalue weighted by atomic mass is 32.1. The van der Waals surface area contributed by atoms with E-state index in [0.717, 1.165) is 16.1 Å². The molecule has 0 spiro atoms. The van der Waals surface area contributed by atoms with Crippen LogP contribution in [0.1, 0.15) is 11.3 Å². The topological polar surface area (TPSA) is 12.9 Å². The lowest BCUT2D eigenvalue weighted by Gasteiger charge is -2.03. The molecule has 1 aromatic carbocycles. The molecule has 0 amide bonds. The van der Waals surface area contributed by atoms with Gasteiger partial charge in [0.05, 0.1) is 5.52 Å². The molecule has 1 heterocycles. The number of hydrogen-bond acceptors (Lipinski definition) is 2. The second-order valence-electron chi connectivity index (χ2n) is 3.28.